The van der Waals surface area contributed by atoms with Gasteiger partial charge < -0.3 is 24.5 Å². The summed E-state index contributed by atoms with van der Waals surface area (Å²) >= 11 is 0. The SMILES string of the molecule is COc1ccc(C2CCCN2C(=O)c2coc(CN)c2)c(OC)c1. The van der Waals surface area contributed by atoms with Crippen LogP contribution in [0.2, 0.25) is 0 Å². The lowest BCUT2D eigenvalue weighted by Crippen LogP contribution is -2.30. The monoisotopic (exact) mass is 330 g/mol. The van der Waals surface area contributed by atoms with Crippen molar-refractivity contribution in [3.63, 3.8) is 0 Å². The first-order valence-corrected chi connectivity index (χ1v) is 7.98. The smallest absolute Gasteiger partial charge is 0.257 e. The number of methoxy groups -OCH3 is 2. The molecule has 0 bridgehead atoms. The fourth-order valence-electron chi connectivity index (χ4n) is 3.19. The van der Waals surface area contributed by atoms with Crippen molar-refractivity contribution in [2.75, 3.05) is 20.8 Å². The van der Waals surface area contributed by atoms with Crippen molar-refractivity contribution in [1.29, 1.82) is 0 Å². The van der Waals surface area contributed by atoms with Crippen molar-refractivity contribution in [1.82, 2.24) is 4.90 Å². The van der Waals surface area contributed by atoms with E-state index in [2.05, 4.69) is 0 Å². The van der Waals surface area contributed by atoms with Crippen molar-refractivity contribution in [3.05, 3.63) is 47.4 Å². The molecule has 1 aromatic carbocycles. The van der Waals surface area contributed by atoms with E-state index < -0.39 is 0 Å². The molecular formula is C18H22N2O4. The van der Waals surface area contributed by atoms with Crippen LogP contribution in [-0.2, 0) is 6.54 Å². The van der Waals surface area contributed by atoms with Gasteiger partial charge in [-0.2, -0.15) is 0 Å². The molecule has 1 fully saturated rings. The Bertz CT molecular complexity index is 726. The fraction of sp³-hybridized carbons (Fsp3) is 0.389. The lowest BCUT2D eigenvalue weighted by molar-refractivity contribution is 0.0733. The molecule has 2 heterocycles. The first-order chi connectivity index (χ1) is 11.7. The van der Waals surface area contributed by atoms with E-state index in [9.17, 15) is 4.79 Å². The quantitative estimate of drug-likeness (QED) is 0.912. The largest absolute Gasteiger partial charge is 0.497 e. The molecule has 0 radical (unpaired) electrons. The summed E-state index contributed by atoms with van der Waals surface area (Å²) in [7, 11) is 3.25. The molecule has 24 heavy (non-hydrogen) atoms. The lowest BCUT2D eigenvalue weighted by atomic mass is 10.0. The van der Waals surface area contributed by atoms with E-state index in [0.29, 0.717) is 17.9 Å². The molecule has 128 valence electrons. The van der Waals surface area contributed by atoms with Gasteiger partial charge in [-0.15, -0.1) is 0 Å². The number of benzene rings is 1. The van der Waals surface area contributed by atoms with E-state index >= 15 is 0 Å². The molecular weight excluding hydrogens is 308 g/mol. The van der Waals surface area contributed by atoms with Crippen molar-refractivity contribution in [3.8, 4) is 11.5 Å². The van der Waals surface area contributed by atoms with E-state index in [4.69, 9.17) is 19.6 Å². The number of nitrogens with two attached hydrogens (primary N) is 1. The maximum Gasteiger partial charge on any atom is 0.257 e. The van der Waals surface area contributed by atoms with Crippen molar-refractivity contribution in [2.24, 2.45) is 5.73 Å². The lowest BCUT2D eigenvalue weighted by Gasteiger charge is -2.26. The van der Waals surface area contributed by atoms with Gasteiger partial charge in [0, 0.05) is 18.2 Å². The predicted molar refractivity (Wildman–Crippen MR) is 89.2 cm³/mol. The highest BCUT2D eigenvalue weighted by molar-refractivity contribution is 5.94. The number of amides is 1. The number of furan rings is 1. The summed E-state index contributed by atoms with van der Waals surface area (Å²) in [5.41, 5.74) is 7.08. The molecule has 0 saturated carbocycles. The number of likely N-dealkylation sites (tertiary alicyclic amines) is 1. The molecule has 1 aliphatic heterocycles. The van der Waals surface area contributed by atoms with Crippen LogP contribution in [0.3, 0.4) is 0 Å². The van der Waals surface area contributed by atoms with Gasteiger partial charge in [-0.3, -0.25) is 4.79 Å². The minimum absolute atomic E-state index is 0.0189. The maximum absolute atomic E-state index is 12.8. The highest BCUT2D eigenvalue weighted by Crippen LogP contribution is 2.39. The topological polar surface area (TPSA) is 77.9 Å². The molecule has 2 aromatic rings. The second kappa shape index (κ2) is 6.97. The number of carbonyl (C=O) groups excluding carboxylic acids is 1. The number of hydrogen-bond acceptors (Lipinski definition) is 5. The van der Waals surface area contributed by atoms with Gasteiger partial charge in [0.15, 0.2) is 0 Å². The molecule has 1 atom stereocenters. The second-order valence-corrected chi connectivity index (χ2v) is 5.77. The Labute approximate surface area is 141 Å². The average Bonchev–Trinajstić information content (AvgIpc) is 3.29. The zero-order valence-electron chi connectivity index (χ0n) is 14.0. The van der Waals surface area contributed by atoms with Crippen molar-refractivity contribution < 1.29 is 18.7 Å². The Hall–Kier alpha value is -2.47. The van der Waals surface area contributed by atoms with Crippen LogP contribution >= 0.6 is 0 Å². The zero-order valence-corrected chi connectivity index (χ0v) is 14.0. The number of hydrogen-bond donors (Lipinski definition) is 1. The Balaban J connectivity index is 1.89. The molecule has 0 aliphatic carbocycles. The van der Waals surface area contributed by atoms with Gasteiger partial charge in [0.05, 0.1) is 32.4 Å². The molecule has 0 spiro atoms. The summed E-state index contributed by atoms with van der Waals surface area (Å²) in [4.78, 5) is 14.7. The van der Waals surface area contributed by atoms with Gasteiger partial charge in [-0.1, -0.05) is 0 Å². The highest BCUT2D eigenvalue weighted by atomic mass is 16.5. The van der Waals surface area contributed by atoms with Crippen LogP contribution in [0.4, 0.5) is 0 Å². The molecule has 1 amide bonds. The number of rotatable bonds is 5. The zero-order chi connectivity index (χ0) is 17.1. The molecule has 2 N–H and O–H groups in total. The standard InChI is InChI=1S/C18H22N2O4/c1-22-13-5-6-15(17(9-13)23-2)16-4-3-7-20(16)18(21)12-8-14(10-19)24-11-12/h5-6,8-9,11,16H,3-4,7,10,19H2,1-2H3. The maximum atomic E-state index is 12.8. The normalized spacial score (nSPS) is 17.1. The van der Waals surface area contributed by atoms with Crippen LogP contribution in [0.25, 0.3) is 0 Å². The minimum Gasteiger partial charge on any atom is -0.497 e. The first-order valence-electron chi connectivity index (χ1n) is 7.98. The Morgan fingerprint density at radius 3 is 2.83 bits per heavy atom. The average molecular weight is 330 g/mol. The summed E-state index contributed by atoms with van der Waals surface area (Å²) in [5.74, 6) is 2.03. The highest BCUT2D eigenvalue weighted by Gasteiger charge is 2.33. The molecule has 3 rings (SSSR count). The van der Waals surface area contributed by atoms with Gasteiger partial charge in [0.2, 0.25) is 0 Å². The Morgan fingerprint density at radius 2 is 2.17 bits per heavy atom. The Kier molecular flexibility index (Phi) is 4.76. The third kappa shape index (κ3) is 2.97. The van der Waals surface area contributed by atoms with Crippen molar-refractivity contribution >= 4 is 5.91 Å². The van der Waals surface area contributed by atoms with Gasteiger partial charge in [-0.25, -0.2) is 0 Å². The summed E-state index contributed by atoms with van der Waals surface area (Å²) in [5, 5.41) is 0. The predicted octanol–water partition coefficient (Wildman–Crippen LogP) is 2.73. The van der Waals surface area contributed by atoms with Crippen LogP contribution in [0.15, 0.2) is 34.9 Å². The number of carbonyl (C=O) groups is 1. The summed E-state index contributed by atoms with van der Waals surface area (Å²) < 4.78 is 16.0. The van der Waals surface area contributed by atoms with Gasteiger partial charge >= 0.3 is 0 Å². The van der Waals surface area contributed by atoms with Crippen LogP contribution < -0.4 is 15.2 Å². The van der Waals surface area contributed by atoms with E-state index in [0.717, 1.165) is 29.9 Å². The summed E-state index contributed by atoms with van der Waals surface area (Å²) in [6.07, 6.45) is 3.33. The van der Waals surface area contributed by atoms with Crippen molar-refractivity contribution in [2.45, 2.75) is 25.4 Å². The molecule has 6 nitrogen and oxygen atoms in total. The van der Waals surface area contributed by atoms with E-state index in [1.807, 2.05) is 23.1 Å². The molecule has 6 heteroatoms. The van der Waals surface area contributed by atoms with Crippen LogP contribution in [0.1, 0.15) is 40.6 Å². The molecule has 1 aromatic heterocycles. The van der Waals surface area contributed by atoms with Crippen LogP contribution in [-0.4, -0.2) is 31.6 Å². The van der Waals surface area contributed by atoms with Gasteiger partial charge in [0.25, 0.3) is 5.91 Å². The third-order valence-electron chi connectivity index (χ3n) is 4.42. The molecule has 1 saturated heterocycles. The minimum atomic E-state index is -0.0428. The van der Waals surface area contributed by atoms with Gasteiger partial charge in [-0.05, 0) is 31.0 Å². The summed E-state index contributed by atoms with van der Waals surface area (Å²) in [6.45, 7) is 0.991. The number of nitrogens with zero attached hydrogens (tertiary/aromatic N) is 1. The summed E-state index contributed by atoms with van der Waals surface area (Å²) in [6, 6.07) is 7.40. The Morgan fingerprint density at radius 1 is 1.33 bits per heavy atom. The van der Waals surface area contributed by atoms with E-state index in [1.54, 1.807) is 20.3 Å². The fourth-order valence-corrected chi connectivity index (χ4v) is 3.19. The third-order valence-corrected chi connectivity index (χ3v) is 4.42. The molecule has 1 unspecified atom stereocenters. The van der Waals surface area contributed by atoms with E-state index in [-0.39, 0.29) is 18.5 Å². The first kappa shape index (κ1) is 16.4. The molecule has 1 aliphatic rings. The number of ether oxygens (including phenoxy) is 2. The van der Waals surface area contributed by atoms with Crippen LogP contribution in [0.5, 0.6) is 11.5 Å². The second-order valence-electron chi connectivity index (χ2n) is 5.77. The van der Waals surface area contributed by atoms with E-state index in [1.165, 1.54) is 6.26 Å². The van der Waals surface area contributed by atoms with Gasteiger partial charge in [0.1, 0.15) is 23.5 Å². The van der Waals surface area contributed by atoms with Crippen LogP contribution in [0, 0.1) is 0 Å².